The largest absolute Gasteiger partial charge is 0.392 e. The van der Waals surface area contributed by atoms with Gasteiger partial charge in [-0.1, -0.05) is 24.3 Å². The number of aliphatic hydroxyl groups excluding tert-OH is 1. The molecule has 1 unspecified atom stereocenters. The monoisotopic (exact) mass is 248 g/mol. The van der Waals surface area contributed by atoms with Crippen LogP contribution in [0.15, 0.2) is 24.3 Å². The highest BCUT2D eigenvalue weighted by molar-refractivity contribution is 5.22. The summed E-state index contributed by atoms with van der Waals surface area (Å²) in [6.07, 6.45) is 4.98. The van der Waals surface area contributed by atoms with Crippen LogP contribution in [0.3, 0.4) is 0 Å². The van der Waals surface area contributed by atoms with Crippen LogP contribution in [0.2, 0.25) is 0 Å². The molecule has 0 radical (unpaired) electrons. The molecule has 2 rings (SSSR count). The van der Waals surface area contributed by atoms with Gasteiger partial charge in [-0.2, -0.15) is 0 Å². The van der Waals surface area contributed by atoms with E-state index in [0.717, 1.165) is 25.1 Å². The Hall–Kier alpha value is -0.900. The van der Waals surface area contributed by atoms with E-state index in [-0.39, 0.29) is 6.61 Å². The number of likely N-dealkylation sites (tertiary alicyclic amines) is 1. The number of nitrogens with two attached hydrogens (primary N) is 1. The fraction of sp³-hybridized carbons (Fsp3) is 0.600. The number of benzene rings is 1. The van der Waals surface area contributed by atoms with Gasteiger partial charge in [0.2, 0.25) is 0 Å². The molecule has 1 aliphatic heterocycles. The van der Waals surface area contributed by atoms with E-state index in [2.05, 4.69) is 17.0 Å². The smallest absolute Gasteiger partial charge is 0.0681 e. The third-order valence-corrected chi connectivity index (χ3v) is 3.83. The van der Waals surface area contributed by atoms with Gasteiger partial charge in [0.1, 0.15) is 0 Å². The summed E-state index contributed by atoms with van der Waals surface area (Å²) in [5.41, 5.74) is 7.92. The normalized spacial score (nSPS) is 20.4. The molecule has 1 saturated heterocycles. The van der Waals surface area contributed by atoms with Crippen LogP contribution in [0.4, 0.5) is 0 Å². The molecule has 0 saturated carbocycles. The van der Waals surface area contributed by atoms with Gasteiger partial charge in [0.15, 0.2) is 0 Å². The highest BCUT2D eigenvalue weighted by Crippen LogP contribution is 2.23. The molecule has 3 nitrogen and oxygen atoms in total. The fourth-order valence-corrected chi connectivity index (χ4v) is 2.77. The van der Waals surface area contributed by atoms with Gasteiger partial charge in [-0.15, -0.1) is 0 Å². The summed E-state index contributed by atoms with van der Waals surface area (Å²) in [7, 11) is 0. The predicted octanol–water partition coefficient (Wildman–Crippen LogP) is 1.88. The first-order valence-corrected chi connectivity index (χ1v) is 6.96. The van der Waals surface area contributed by atoms with Gasteiger partial charge in [0, 0.05) is 12.6 Å². The van der Waals surface area contributed by atoms with E-state index in [0.29, 0.717) is 6.04 Å². The van der Waals surface area contributed by atoms with E-state index in [9.17, 15) is 0 Å². The van der Waals surface area contributed by atoms with E-state index < -0.39 is 0 Å². The third-order valence-electron chi connectivity index (χ3n) is 3.83. The molecule has 0 bridgehead atoms. The summed E-state index contributed by atoms with van der Waals surface area (Å²) in [6.45, 7) is 3.16. The van der Waals surface area contributed by atoms with E-state index in [1.165, 1.54) is 31.4 Å². The van der Waals surface area contributed by atoms with Crippen molar-refractivity contribution in [3.05, 3.63) is 35.4 Å². The second-order valence-electron chi connectivity index (χ2n) is 5.17. The first-order chi connectivity index (χ1) is 8.83. The Morgan fingerprint density at radius 2 is 1.94 bits per heavy atom. The highest BCUT2D eigenvalue weighted by Gasteiger charge is 2.23. The molecule has 100 valence electrons. The summed E-state index contributed by atoms with van der Waals surface area (Å²) < 4.78 is 0. The lowest BCUT2D eigenvalue weighted by atomic mass is 10.1. The van der Waals surface area contributed by atoms with Crippen molar-refractivity contribution in [2.45, 2.75) is 44.9 Å². The maximum Gasteiger partial charge on any atom is 0.0681 e. The van der Waals surface area contributed by atoms with Crippen LogP contribution in [-0.4, -0.2) is 29.1 Å². The molecule has 1 fully saturated rings. The lowest BCUT2D eigenvalue weighted by Crippen LogP contribution is -2.29. The second-order valence-corrected chi connectivity index (χ2v) is 5.17. The summed E-state index contributed by atoms with van der Waals surface area (Å²) in [6, 6.07) is 9.00. The Morgan fingerprint density at radius 3 is 2.61 bits per heavy atom. The summed E-state index contributed by atoms with van der Waals surface area (Å²) in [5, 5.41) is 9.03. The number of rotatable bonds is 6. The molecule has 1 aromatic rings. The number of nitrogens with zero attached hydrogens (tertiary/aromatic N) is 1. The van der Waals surface area contributed by atoms with Crippen LogP contribution < -0.4 is 5.73 Å². The summed E-state index contributed by atoms with van der Waals surface area (Å²) in [4.78, 5) is 2.57. The number of aliphatic hydroxyl groups is 1. The van der Waals surface area contributed by atoms with E-state index in [4.69, 9.17) is 10.8 Å². The van der Waals surface area contributed by atoms with Gasteiger partial charge in [-0.05, 0) is 49.9 Å². The molecule has 1 aliphatic rings. The van der Waals surface area contributed by atoms with Gasteiger partial charge >= 0.3 is 0 Å². The predicted molar refractivity (Wildman–Crippen MR) is 74.1 cm³/mol. The Bertz CT molecular complexity index is 350. The summed E-state index contributed by atoms with van der Waals surface area (Å²) >= 11 is 0. The van der Waals surface area contributed by atoms with Crippen molar-refractivity contribution in [3.8, 4) is 0 Å². The molecule has 3 N–H and O–H groups in total. The van der Waals surface area contributed by atoms with Crippen LogP contribution in [0.25, 0.3) is 0 Å². The highest BCUT2D eigenvalue weighted by atomic mass is 16.3. The minimum absolute atomic E-state index is 0.128. The average Bonchev–Trinajstić information content (AvgIpc) is 2.84. The molecule has 1 heterocycles. The van der Waals surface area contributed by atoms with Crippen molar-refractivity contribution in [3.63, 3.8) is 0 Å². The van der Waals surface area contributed by atoms with Crippen molar-refractivity contribution in [1.29, 1.82) is 0 Å². The second kappa shape index (κ2) is 6.88. The van der Waals surface area contributed by atoms with Crippen LogP contribution in [0.5, 0.6) is 0 Å². The van der Waals surface area contributed by atoms with Crippen LogP contribution in [0, 0.1) is 0 Å². The minimum Gasteiger partial charge on any atom is -0.392 e. The lowest BCUT2D eigenvalue weighted by Gasteiger charge is -2.24. The first kappa shape index (κ1) is 13.5. The quantitative estimate of drug-likeness (QED) is 0.808. The molecule has 0 amide bonds. The van der Waals surface area contributed by atoms with E-state index in [1.807, 2.05) is 12.1 Å². The van der Waals surface area contributed by atoms with E-state index in [1.54, 1.807) is 0 Å². The van der Waals surface area contributed by atoms with Gasteiger partial charge < -0.3 is 10.8 Å². The molecule has 0 spiro atoms. The van der Waals surface area contributed by atoms with Crippen molar-refractivity contribution in [2.24, 2.45) is 5.73 Å². The zero-order chi connectivity index (χ0) is 12.8. The standard InChI is InChI=1S/C15H24N2O/c16-9-1-3-15-4-2-10-17(15)11-13-5-7-14(12-18)8-6-13/h5-8,15,18H,1-4,9-12,16H2. The molecule has 1 atom stereocenters. The first-order valence-electron chi connectivity index (χ1n) is 6.96. The lowest BCUT2D eigenvalue weighted by molar-refractivity contribution is 0.232. The Kier molecular flexibility index (Phi) is 5.17. The molecule has 1 aromatic carbocycles. The fourth-order valence-electron chi connectivity index (χ4n) is 2.77. The zero-order valence-electron chi connectivity index (χ0n) is 11.0. The molecule has 18 heavy (non-hydrogen) atoms. The molecular weight excluding hydrogens is 224 g/mol. The van der Waals surface area contributed by atoms with Crippen molar-refractivity contribution >= 4 is 0 Å². The molecule has 3 heteroatoms. The van der Waals surface area contributed by atoms with Crippen molar-refractivity contribution in [1.82, 2.24) is 4.90 Å². The van der Waals surface area contributed by atoms with Crippen LogP contribution in [0.1, 0.15) is 36.8 Å². The molecule has 0 aliphatic carbocycles. The maximum atomic E-state index is 9.03. The van der Waals surface area contributed by atoms with Gasteiger partial charge in [-0.3, -0.25) is 4.90 Å². The Morgan fingerprint density at radius 1 is 1.22 bits per heavy atom. The van der Waals surface area contributed by atoms with Crippen molar-refractivity contribution in [2.75, 3.05) is 13.1 Å². The minimum atomic E-state index is 0.128. The van der Waals surface area contributed by atoms with Gasteiger partial charge in [-0.25, -0.2) is 0 Å². The average molecular weight is 248 g/mol. The molecule has 0 aromatic heterocycles. The Labute approximate surface area is 110 Å². The van der Waals surface area contributed by atoms with Crippen LogP contribution in [-0.2, 0) is 13.2 Å². The van der Waals surface area contributed by atoms with Crippen molar-refractivity contribution < 1.29 is 5.11 Å². The SMILES string of the molecule is NCCCC1CCCN1Cc1ccc(CO)cc1. The number of hydrogen-bond donors (Lipinski definition) is 2. The zero-order valence-corrected chi connectivity index (χ0v) is 11.0. The third kappa shape index (κ3) is 3.55. The summed E-state index contributed by atoms with van der Waals surface area (Å²) in [5.74, 6) is 0. The van der Waals surface area contributed by atoms with Gasteiger partial charge in [0.25, 0.3) is 0 Å². The Balaban J connectivity index is 1.90. The topological polar surface area (TPSA) is 49.5 Å². The number of hydrogen-bond acceptors (Lipinski definition) is 3. The van der Waals surface area contributed by atoms with Gasteiger partial charge in [0.05, 0.1) is 6.61 Å². The molecular formula is C15H24N2O. The maximum absolute atomic E-state index is 9.03. The van der Waals surface area contributed by atoms with Crippen LogP contribution >= 0.6 is 0 Å². The van der Waals surface area contributed by atoms with E-state index >= 15 is 0 Å².